The van der Waals surface area contributed by atoms with Gasteiger partial charge in [0.1, 0.15) is 11.9 Å². The highest BCUT2D eigenvalue weighted by atomic mass is 19.1. The Hall–Kier alpha value is -1.49. The van der Waals surface area contributed by atoms with Crippen LogP contribution >= 0.6 is 0 Å². The van der Waals surface area contributed by atoms with Crippen molar-refractivity contribution in [2.75, 3.05) is 6.61 Å². The van der Waals surface area contributed by atoms with Gasteiger partial charge in [-0.1, -0.05) is 0 Å². The Balaban J connectivity index is 2.42. The SMILES string of the molecule is CCOC(=O)C(C)NCc1cncc(F)c1. The molecule has 88 valence electrons. The zero-order valence-corrected chi connectivity index (χ0v) is 9.37. The number of esters is 1. The highest BCUT2D eigenvalue weighted by Crippen LogP contribution is 2.01. The molecule has 0 aromatic carbocycles. The number of carbonyl (C=O) groups excluding carboxylic acids is 1. The third kappa shape index (κ3) is 3.94. The maximum absolute atomic E-state index is 12.8. The fourth-order valence-corrected chi connectivity index (χ4v) is 1.17. The summed E-state index contributed by atoms with van der Waals surface area (Å²) in [5.74, 6) is -0.699. The van der Waals surface area contributed by atoms with Crippen LogP contribution in [0.3, 0.4) is 0 Å². The number of carbonyl (C=O) groups is 1. The molecule has 0 aliphatic heterocycles. The summed E-state index contributed by atoms with van der Waals surface area (Å²) in [6.07, 6.45) is 2.69. The number of nitrogens with one attached hydrogen (secondary N) is 1. The molecule has 0 amide bonds. The lowest BCUT2D eigenvalue weighted by atomic mass is 10.2. The van der Waals surface area contributed by atoms with E-state index in [1.165, 1.54) is 6.07 Å². The molecule has 0 fully saturated rings. The third-order valence-corrected chi connectivity index (χ3v) is 2.01. The van der Waals surface area contributed by atoms with Gasteiger partial charge in [-0.25, -0.2) is 4.39 Å². The number of rotatable bonds is 5. The van der Waals surface area contributed by atoms with Crippen LogP contribution in [0.4, 0.5) is 4.39 Å². The van der Waals surface area contributed by atoms with Gasteiger partial charge in [0.25, 0.3) is 0 Å². The molecule has 1 heterocycles. The van der Waals surface area contributed by atoms with Gasteiger partial charge in [-0.05, 0) is 25.5 Å². The van der Waals surface area contributed by atoms with E-state index in [1.807, 2.05) is 0 Å². The summed E-state index contributed by atoms with van der Waals surface area (Å²) in [5, 5.41) is 2.93. The van der Waals surface area contributed by atoms with Crippen LogP contribution in [0.5, 0.6) is 0 Å². The number of hydrogen-bond donors (Lipinski definition) is 1. The van der Waals surface area contributed by atoms with E-state index >= 15 is 0 Å². The van der Waals surface area contributed by atoms with Gasteiger partial charge in [0.05, 0.1) is 12.8 Å². The van der Waals surface area contributed by atoms with Crippen LogP contribution in [0.25, 0.3) is 0 Å². The first-order valence-electron chi connectivity index (χ1n) is 5.13. The summed E-state index contributed by atoms with van der Waals surface area (Å²) < 4.78 is 17.6. The first kappa shape index (κ1) is 12.6. The fourth-order valence-electron chi connectivity index (χ4n) is 1.17. The summed E-state index contributed by atoms with van der Waals surface area (Å²) in [6, 6.07) is 0.959. The highest BCUT2D eigenvalue weighted by molar-refractivity contribution is 5.75. The van der Waals surface area contributed by atoms with E-state index in [4.69, 9.17) is 4.74 Å². The van der Waals surface area contributed by atoms with Gasteiger partial charge in [0, 0.05) is 12.7 Å². The monoisotopic (exact) mass is 226 g/mol. The number of aromatic nitrogens is 1. The normalized spacial score (nSPS) is 12.2. The molecular weight excluding hydrogens is 211 g/mol. The summed E-state index contributed by atoms with van der Waals surface area (Å²) in [5.41, 5.74) is 0.691. The summed E-state index contributed by atoms with van der Waals surface area (Å²) in [4.78, 5) is 15.0. The maximum Gasteiger partial charge on any atom is 0.322 e. The second-order valence-electron chi connectivity index (χ2n) is 3.37. The van der Waals surface area contributed by atoms with E-state index < -0.39 is 6.04 Å². The summed E-state index contributed by atoms with van der Waals surface area (Å²) >= 11 is 0. The first-order valence-corrected chi connectivity index (χ1v) is 5.13. The molecular formula is C11H15FN2O2. The van der Waals surface area contributed by atoms with Crippen molar-refractivity contribution in [2.24, 2.45) is 0 Å². The van der Waals surface area contributed by atoms with Crippen LogP contribution in [0, 0.1) is 5.82 Å². The molecule has 1 aromatic rings. The van der Waals surface area contributed by atoms with Crippen LogP contribution in [0.1, 0.15) is 19.4 Å². The number of ether oxygens (including phenoxy) is 1. The van der Waals surface area contributed by atoms with E-state index in [0.717, 1.165) is 6.20 Å². The van der Waals surface area contributed by atoms with Gasteiger partial charge in [-0.2, -0.15) is 0 Å². The molecule has 1 rings (SSSR count). The molecule has 16 heavy (non-hydrogen) atoms. The molecule has 0 aliphatic carbocycles. The van der Waals surface area contributed by atoms with Crippen molar-refractivity contribution < 1.29 is 13.9 Å². The Kier molecular flexibility index (Phi) is 4.85. The quantitative estimate of drug-likeness (QED) is 0.768. The molecule has 0 radical (unpaired) electrons. The topological polar surface area (TPSA) is 51.2 Å². The smallest absolute Gasteiger partial charge is 0.322 e. The molecule has 1 aromatic heterocycles. The summed E-state index contributed by atoms with van der Waals surface area (Å²) in [7, 11) is 0. The Bertz CT molecular complexity index is 358. The molecule has 1 unspecified atom stereocenters. The lowest BCUT2D eigenvalue weighted by Gasteiger charge is -2.12. The van der Waals surface area contributed by atoms with Crippen molar-refractivity contribution in [1.82, 2.24) is 10.3 Å². The van der Waals surface area contributed by atoms with E-state index in [1.54, 1.807) is 20.0 Å². The van der Waals surface area contributed by atoms with Gasteiger partial charge in [-0.15, -0.1) is 0 Å². The molecule has 1 N–H and O–H groups in total. The Morgan fingerprint density at radius 3 is 3.00 bits per heavy atom. The second-order valence-corrected chi connectivity index (χ2v) is 3.37. The predicted octanol–water partition coefficient (Wildman–Crippen LogP) is 1.26. The minimum absolute atomic E-state index is 0.313. The standard InChI is InChI=1S/C11H15FN2O2/c1-3-16-11(15)8(2)14-6-9-4-10(12)7-13-5-9/h4-5,7-8,14H,3,6H2,1-2H3. The van der Waals surface area contributed by atoms with Crippen molar-refractivity contribution in [3.63, 3.8) is 0 Å². The van der Waals surface area contributed by atoms with Crippen LogP contribution < -0.4 is 5.32 Å². The largest absolute Gasteiger partial charge is 0.465 e. The van der Waals surface area contributed by atoms with Crippen LogP contribution in [-0.4, -0.2) is 23.6 Å². The second kappa shape index (κ2) is 6.17. The van der Waals surface area contributed by atoms with E-state index in [0.29, 0.717) is 18.7 Å². The van der Waals surface area contributed by atoms with Gasteiger partial charge in [0.15, 0.2) is 0 Å². The average Bonchev–Trinajstić information content (AvgIpc) is 2.26. The van der Waals surface area contributed by atoms with Crippen molar-refractivity contribution in [3.05, 3.63) is 29.8 Å². The van der Waals surface area contributed by atoms with Gasteiger partial charge >= 0.3 is 5.97 Å². The van der Waals surface area contributed by atoms with E-state index in [9.17, 15) is 9.18 Å². The van der Waals surface area contributed by atoms with Crippen molar-refractivity contribution in [1.29, 1.82) is 0 Å². The molecule has 1 atom stereocenters. The molecule has 5 heteroatoms. The van der Waals surface area contributed by atoms with Gasteiger partial charge in [0.2, 0.25) is 0 Å². The first-order chi connectivity index (χ1) is 7.63. The number of pyridine rings is 1. The van der Waals surface area contributed by atoms with Crippen LogP contribution in [0.2, 0.25) is 0 Å². The lowest BCUT2D eigenvalue weighted by Crippen LogP contribution is -2.34. The van der Waals surface area contributed by atoms with Crippen molar-refractivity contribution in [2.45, 2.75) is 26.4 Å². The Labute approximate surface area is 93.8 Å². The highest BCUT2D eigenvalue weighted by Gasteiger charge is 2.12. The minimum Gasteiger partial charge on any atom is -0.465 e. The molecule has 0 spiro atoms. The minimum atomic E-state index is -0.414. The zero-order chi connectivity index (χ0) is 12.0. The van der Waals surface area contributed by atoms with Crippen LogP contribution in [0.15, 0.2) is 18.5 Å². The lowest BCUT2D eigenvalue weighted by molar-refractivity contribution is -0.145. The molecule has 4 nitrogen and oxygen atoms in total. The number of hydrogen-bond acceptors (Lipinski definition) is 4. The van der Waals surface area contributed by atoms with Gasteiger partial charge in [-0.3, -0.25) is 9.78 Å². The molecule has 0 aliphatic rings. The molecule has 0 saturated heterocycles. The van der Waals surface area contributed by atoms with E-state index in [2.05, 4.69) is 10.3 Å². The average molecular weight is 226 g/mol. The fraction of sp³-hybridized carbons (Fsp3) is 0.455. The molecule has 0 saturated carbocycles. The Morgan fingerprint density at radius 1 is 1.62 bits per heavy atom. The maximum atomic E-state index is 12.8. The van der Waals surface area contributed by atoms with Gasteiger partial charge < -0.3 is 10.1 Å². The summed E-state index contributed by atoms with van der Waals surface area (Å²) in [6.45, 7) is 4.18. The Morgan fingerprint density at radius 2 is 2.38 bits per heavy atom. The number of halogens is 1. The van der Waals surface area contributed by atoms with Crippen LogP contribution in [-0.2, 0) is 16.1 Å². The molecule has 0 bridgehead atoms. The zero-order valence-electron chi connectivity index (χ0n) is 9.37. The predicted molar refractivity (Wildman–Crippen MR) is 57.1 cm³/mol. The van der Waals surface area contributed by atoms with E-state index in [-0.39, 0.29) is 11.8 Å². The van der Waals surface area contributed by atoms with Crippen molar-refractivity contribution >= 4 is 5.97 Å². The number of nitrogens with zero attached hydrogens (tertiary/aromatic N) is 1. The van der Waals surface area contributed by atoms with Crippen molar-refractivity contribution in [3.8, 4) is 0 Å². The third-order valence-electron chi connectivity index (χ3n) is 2.01.